The predicted molar refractivity (Wildman–Crippen MR) is 69.5 cm³/mol. The minimum atomic E-state index is -0.224. The maximum atomic E-state index is 12.0. The molecule has 1 aliphatic rings. The highest BCUT2D eigenvalue weighted by atomic mass is 16.2. The van der Waals surface area contributed by atoms with Gasteiger partial charge in [0.15, 0.2) is 0 Å². The van der Waals surface area contributed by atoms with Crippen LogP contribution in [0.1, 0.15) is 38.3 Å². The van der Waals surface area contributed by atoms with E-state index >= 15 is 0 Å². The Morgan fingerprint density at radius 2 is 1.67 bits per heavy atom. The van der Waals surface area contributed by atoms with E-state index < -0.39 is 0 Å². The minimum Gasteiger partial charge on any atom is -0.399 e. The number of carbonyl (C=O) groups is 2. The van der Waals surface area contributed by atoms with Crippen LogP contribution >= 0.6 is 0 Å². The molecule has 2 amide bonds. The summed E-state index contributed by atoms with van der Waals surface area (Å²) in [4.78, 5) is 25.3. The summed E-state index contributed by atoms with van der Waals surface area (Å²) in [6, 6.07) is 7.07. The first kappa shape index (κ1) is 12.6. The van der Waals surface area contributed by atoms with Crippen molar-refractivity contribution in [1.82, 2.24) is 4.90 Å². The van der Waals surface area contributed by atoms with Gasteiger partial charge in [0.1, 0.15) is 0 Å². The molecule has 0 radical (unpaired) electrons. The third kappa shape index (κ3) is 2.37. The summed E-state index contributed by atoms with van der Waals surface area (Å²) in [5.74, 6) is -0.00832. The Morgan fingerprint density at radius 1 is 1.17 bits per heavy atom. The molecule has 96 valence electrons. The molecule has 4 heteroatoms. The van der Waals surface area contributed by atoms with E-state index in [9.17, 15) is 9.59 Å². The number of nitrogens with two attached hydrogens (primary N) is 1. The summed E-state index contributed by atoms with van der Waals surface area (Å²) < 4.78 is 0. The van der Waals surface area contributed by atoms with Crippen LogP contribution in [0.15, 0.2) is 24.3 Å². The highest BCUT2D eigenvalue weighted by molar-refractivity contribution is 5.98. The van der Waals surface area contributed by atoms with Crippen molar-refractivity contribution in [2.75, 3.05) is 5.73 Å². The topological polar surface area (TPSA) is 63.4 Å². The lowest BCUT2D eigenvalue weighted by Gasteiger charge is -2.33. The molecule has 0 aromatic heterocycles. The van der Waals surface area contributed by atoms with Crippen molar-refractivity contribution >= 4 is 17.5 Å². The summed E-state index contributed by atoms with van der Waals surface area (Å²) in [5, 5.41) is 0. The Bertz CT molecular complexity index is 449. The van der Waals surface area contributed by atoms with E-state index in [0.717, 1.165) is 5.56 Å². The van der Waals surface area contributed by atoms with Gasteiger partial charge in [-0.05, 0) is 30.5 Å². The number of nitrogens with zero attached hydrogens (tertiary/aromatic N) is 1. The molecule has 1 saturated heterocycles. The molecule has 2 N–H and O–H groups in total. The first-order valence-corrected chi connectivity index (χ1v) is 6.19. The molecule has 1 unspecified atom stereocenters. The average molecular weight is 246 g/mol. The molecule has 0 spiro atoms. The van der Waals surface area contributed by atoms with Gasteiger partial charge in [-0.2, -0.15) is 0 Å². The van der Waals surface area contributed by atoms with Gasteiger partial charge in [-0.3, -0.25) is 14.5 Å². The van der Waals surface area contributed by atoms with Crippen molar-refractivity contribution < 1.29 is 9.59 Å². The zero-order valence-electron chi connectivity index (χ0n) is 10.7. The van der Waals surface area contributed by atoms with Gasteiger partial charge in [-0.1, -0.05) is 19.1 Å². The number of nitrogen functional groups attached to an aromatic ring is 1. The first-order valence-electron chi connectivity index (χ1n) is 6.19. The first-order chi connectivity index (χ1) is 8.49. The normalized spacial score (nSPS) is 19.1. The van der Waals surface area contributed by atoms with Crippen molar-refractivity contribution in [2.45, 2.75) is 32.7 Å². The standard InChI is InChI=1S/C14H18N2O2/c1-9-7-13(17)16(14(18)8-9)10(2)11-3-5-12(15)6-4-11/h3-6,9-10H,7-8,15H2,1-2H3. The summed E-state index contributed by atoms with van der Waals surface area (Å²) in [7, 11) is 0. The second kappa shape index (κ2) is 4.80. The molecule has 0 aliphatic carbocycles. The molecule has 0 bridgehead atoms. The quantitative estimate of drug-likeness (QED) is 0.642. The van der Waals surface area contributed by atoms with Crippen molar-refractivity contribution in [3.63, 3.8) is 0 Å². The zero-order valence-corrected chi connectivity index (χ0v) is 10.7. The van der Waals surface area contributed by atoms with Crippen LogP contribution in [0.25, 0.3) is 0 Å². The maximum absolute atomic E-state index is 12.0. The lowest BCUT2D eigenvalue weighted by atomic mass is 9.95. The van der Waals surface area contributed by atoms with Crippen LogP contribution in [0.5, 0.6) is 0 Å². The second-order valence-electron chi connectivity index (χ2n) is 5.01. The second-order valence-corrected chi connectivity index (χ2v) is 5.01. The van der Waals surface area contributed by atoms with Crippen LogP contribution in [0.2, 0.25) is 0 Å². The van der Waals surface area contributed by atoms with E-state index in [1.54, 1.807) is 12.1 Å². The zero-order chi connectivity index (χ0) is 13.3. The van der Waals surface area contributed by atoms with Crippen LogP contribution in [0.3, 0.4) is 0 Å². The number of benzene rings is 1. The number of anilines is 1. The fourth-order valence-corrected chi connectivity index (χ4v) is 2.36. The largest absolute Gasteiger partial charge is 0.399 e. The van der Waals surface area contributed by atoms with Gasteiger partial charge in [-0.15, -0.1) is 0 Å². The van der Waals surface area contributed by atoms with Gasteiger partial charge in [0.25, 0.3) is 0 Å². The number of carbonyl (C=O) groups excluding carboxylic acids is 2. The maximum Gasteiger partial charge on any atom is 0.230 e. The molecule has 1 aromatic rings. The Hall–Kier alpha value is -1.84. The molecule has 2 rings (SSSR count). The Labute approximate surface area is 107 Å². The molecule has 1 aliphatic heterocycles. The summed E-state index contributed by atoms with van der Waals surface area (Å²) in [5.41, 5.74) is 7.24. The van der Waals surface area contributed by atoms with Crippen molar-refractivity contribution in [3.05, 3.63) is 29.8 Å². The van der Waals surface area contributed by atoms with E-state index in [-0.39, 0.29) is 23.8 Å². The molecule has 1 heterocycles. The van der Waals surface area contributed by atoms with Crippen LogP contribution in [-0.2, 0) is 9.59 Å². The lowest BCUT2D eigenvalue weighted by molar-refractivity contribution is -0.152. The van der Waals surface area contributed by atoms with E-state index in [2.05, 4.69) is 0 Å². The number of amides is 2. The summed E-state index contributed by atoms with van der Waals surface area (Å²) >= 11 is 0. The molecule has 1 aromatic carbocycles. The monoisotopic (exact) mass is 246 g/mol. The number of hydrogen-bond donors (Lipinski definition) is 1. The SMILES string of the molecule is CC1CC(=O)N(C(C)c2ccc(N)cc2)C(=O)C1. The number of piperidine rings is 1. The van der Waals surface area contributed by atoms with Crippen LogP contribution in [0, 0.1) is 5.92 Å². The molecule has 0 saturated carbocycles. The lowest BCUT2D eigenvalue weighted by Crippen LogP contribution is -2.44. The molecule has 1 fully saturated rings. The number of hydrogen-bond acceptors (Lipinski definition) is 3. The van der Waals surface area contributed by atoms with Crippen LogP contribution < -0.4 is 5.73 Å². The number of imide groups is 1. The number of rotatable bonds is 2. The summed E-state index contributed by atoms with van der Waals surface area (Å²) in [6.45, 7) is 3.80. The highest BCUT2D eigenvalue weighted by Gasteiger charge is 2.33. The average Bonchev–Trinajstić information content (AvgIpc) is 2.28. The molecule has 18 heavy (non-hydrogen) atoms. The van der Waals surface area contributed by atoms with Gasteiger partial charge in [0.2, 0.25) is 11.8 Å². The van der Waals surface area contributed by atoms with E-state index in [4.69, 9.17) is 5.73 Å². The fraction of sp³-hybridized carbons (Fsp3) is 0.429. The van der Waals surface area contributed by atoms with Gasteiger partial charge in [0, 0.05) is 18.5 Å². The summed E-state index contributed by atoms with van der Waals surface area (Å²) in [6.07, 6.45) is 0.899. The molecular weight excluding hydrogens is 228 g/mol. The molecular formula is C14H18N2O2. The highest BCUT2D eigenvalue weighted by Crippen LogP contribution is 2.28. The van der Waals surface area contributed by atoms with Gasteiger partial charge < -0.3 is 5.73 Å². The minimum absolute atomic E-state index is 0.0805. The van der Waals surface area contributed by atoms with Crippen LogP contribution in [0.4, 0.5) is 5.69 Å². The Morgan fingerprint density at radius 3 is 2.17 bits per heavy atom. The third-order valence-electron chi connectivity index (χ3n) is 3.39. The van der Waals surface area contributed by atoms with E-state index in [1.807, 2.05) is 26.0 Å². The Balaban J connectivity index is 2.22. The molecule has 4 nitrogen and oxygen atoms in total. The predicted octanol–water partition coefficient (Wildman–Crippen LogP) is 2.11. The van der Waals surface area contributed by atoms with E-state index in [0.29, 0.717) is 18.5 Å². The van der Waals surface area contributed by atoms with Crippen molar-refractivity contribution in [2.24, 2.45) is 5.92 Å². The van der Waals surface area contributed by atoms with Gasteiger partial charge in [-0.25, -0.2) is 0 Å². The van der Waals surface area contributed by atoms with Gasteiger partial charge >= 0.3 is 0 Å². The number of likely N-dealkylation sites (tertiary alicyclic amines) is 1. The van der Waals surface area contributed by atoms with Crippen LogP contribution in [-0.4, -0.2) is 16.7 Å². The van der Waals surface area contributed by atoms with Crippen molar-refractivity contribution in [1.29, 1.82) is 0 Å². The van der Waals surface area contributed by atoms with Crippen molar-refractivity contribution in [3.8, 4) is 0 Å². The Kier molecular flexibility index (Phi) is 3.36. The van der Waals surface area contributed by atoms with Gasteiger partial charge in [0.05, 0.1) is 6.04 Å². The smallest absolute Gasteiger partial charge is 0.230 e. The molecule has 1 atom stereocenters. The fourth-order valence-electron chi connectivity index (χ4n) is 2.36. The van der Waals surface area contributed by atoms with E-state index in [1.165, 1.54) is 4.90 Å². The third-order valence-corrected chi connectivity index (χ3v) is 3.39.